The number of aromatic hydroxyl groups is 1. The van der Waals surface area contributed by atoms with E-state index >= 15 is 0 Å². The molecule has 0 fully saturated rings. The zero-order valence-corrected chi connectivity index (χ0v) is 44.2. The molecule has 0 aliphatic carbocycles. The maximum Gasteiger partial charge on any atom is 0.317 e. The van der Waals surface area contributed by atoms with E-state index in [1.54, 1.807) is 29.7 Å². The molecule has 17 nitrogen and oxygen atoms in total. The van der Waals surface area contributed by atoms with Gasteiger partial charge in [-0.3, -0.25) is 29.0 Å². The standard InChI is InChI=1S/C10H8ClF2NO3.C10H8ClF2NO2.C10H7ClFNO3.C10H7ClFNO2.C10H8ClNO2/c1-17-5-3-2-4-6(7(5)11)8(15)14-9(16)10(4,12)13;1-16-6-3-2-5-7(8(6)11)9(15)14-4-10(5,12)13;1-16-5-3-2-4-6(7(5)11)9(14)13-10(15)8(4)12;1-15-7-3-2-5-6(12)4-13-10(14)8(5)9(7)11;1-14-7-3-2-6-4-5-12-10(13)8(6)9(7)11/h2-3,9,16H,1H3,(H,14,15);2-3H,4H2,1H3,(H,14,15);2-3H,1H3,(H2,13,14,15);2-4H,1H3,(H,13,14);2-5H,1H3,(H,12,13). The summed E-state index contributed by atoms with van der Waals surface area (Å²) in [6.07, 6.45) is 0.341. The quantitative estimate of drug-likeness (QED) is 0.0796. The summed E-state index contributed by atoms with van der Waals surface area (Å²) in [5.74, 6) is -8.95. The summed E-state index contributed by atoms with van der Waals surface area (Å²) < 4.78 is 106. The van der Waals surface area contributed by atoms with E-state index in [0.717, 1.165) is 17.6 Å². The molecule has 0 bridgehead atoms. The van der Waals surface area contributed by atoms with E-state index < -0.39 is 70.6 Å². The van der Waals surface area contributed by atoms with Crippen LogP contribution in [-0.2, 0) is 11.8 Å². The van der Waals surface area contributed by atoms with E-state index in [1.165, 1.54) is 78.0 Å². The zero-order valence-electron chi connectivity index (χ0n) is 40.4. The normalized spacial score (nSPS) is 14.4. The van der Waals surface area contributed by atoms with Crippen LogP contribution in [0.3, 0.4) is 0 Å². The summed E-state index contributed by atoms with van der Waals surface area (Å²) in [7, 11) is 7.00. The molecule has 5 aromatic carbocycles. The minimum Gasteiger partial charge on any atom is -0.495 e. The van der Waals surface area contributed by atoms with Crippen molar-refractivity contribution >= 4 is 102 Å². The first kappa shape index (κ1) is 59.7. The number of carbonyl (C=O) groups is 2. The van der Waals surface area contributed by atoms with Crippen LogP contribution in [0, 0.1) is 11.6 Å². The Bertz CT molecular complexity index is 3830. The minimum atomic E-state index is -3.58. The Labute approximate surface area is 459 Å². The van der Waals surface area contributed by atoms with Gasteiger partial charge in [-0.1, -0.05) is 64.1 Å². The Morgan fingerprint density at radius 1 is 0.551 bits per heavy atom. The monoisotopic (exact) mass is 1190 g/mol. The molecule has 0 saturated carbocycles. The van der Waals surface area contributed by atoms with Crippen LogP contribution >= 0.6 is 58.0 Å². The van der Waals surface area contributed by atoms with Gasteiger partial charge in [0, 0.05) is 34.3 Å². The number of amides is 2. The molecule has 412 valence electrons. The zero-order chi connectivity index (χ0) is 57.7. The summed E-state index contributed by atoms with van der Waals surface area (Å²) in [5.41, 5.74) is -2.86. The molecule has 28 heteroatoms. The van der Waals surface area contributed by atoms with Crippen molar-refractivity contribution in [3.63, 3.8) is 0 Å². The Kier molecular flexibility index (Phi) is 18.7. The number of aromatic nitrogens is 3. The van der Waals surface area contributed by atoms with Crippen LogP contribution in [0.1, 0.15) is 31.8 Å². The highest BCUT2D eigenvalue weighted by molar-refractivity contribution is 6.38. The van der Waals surface area contributed by atoms with Crippen molar-refractivity contribution in [2.75, 3.05) is 42.1 Å². The number of ether oxygens (including phenoxy) is 5. The lowest BCUT2D eigenvalue weighted by Gasteiger charge is -2.30. The number of halogens is 11. The summed E-state index contributed by atoms with van der Waals surface area (Å²) in [6, 6.07) is 15.8. The number of pyridine rings is 3. The maximum atomic E-state index is 13.6. The summed E-state index contributed by atoms with van der Waals surface area (Å²) in [4.78, 5) is 64.2. The molecular weight excluding hydrogens is 1150 g/mol. The second-order valence-electron chi connectivity index (χ2n) is 15.8. The average molecular weight is 1190 g/mol. The fraction of sp³-hybridized carbons (Fsp3) is 0.180. The Morgan fingerprint density at radius 2 is 1.00 bits per heavy atom. The topological polar surface area (TPSA) is 243 Å². The Balaban J connectivity index is 0.000000158. The van der Waals surface area contributed by atoms with E-state index in [0.29, 0.717) is 21.9 Å². The van der Waals surface area contributed by atoms with Gasteiger partial charge in [0.2, 0.25) is 5.88 Å². The lowest BCUT2D eigenvalue weighted by molar-refractivity contribution is -0.128. The second-order valence-corrected chi connectivity index (χ2v) is 17.7. The van der Waals surface area contributed by atoms with Crippen molar-refractivity contribution in [1.29, 1.82) is 0 Å². The number of aliphatic hydroxyl groups is 1. The number of fused-ring (bicyclic) bond motifs is 5. The molecule has 1 unspecified atom stereocenters. The molecule has 7 N–H and O–H groups in total. The lowest BCUT2D eigenvalue weighted by Crippen LogP contribution is -2.51. The summed E-state index contributed by atoms with van der Waals surface area (Å²) in [5, 5.41) is 23.7. The number of methoxy groups -OCH3 is 5. The molecule has 0 radical (unpaired) electrons. The van der Waals surface area contributed by atoms with Crippen LogP contribution in [0.2, 0.25) is 25.1 Å². The highest BCUT2D eigenvalue weighted by atomic mass is 35.5. The van der Waals surface area contributed by atoms with E-state index in [9.17, 15) is 50.3 Å². The Hall–Kier alpha value is -7.54. The molecule has 8 aromatic rings. The van der Waals surface area contributed by atoms with Crippen molar-refractivity contribution in [3.8, 4) is 34.6 Å². The molecular formula is C50H38Cl5F6N5O12. The molecule has 2 aliphatic heterocycles. The predicted octanol–water partition coefficient (Wildman–Crippen LogP) is 10.2. The third kappa shape index (κ3) is 11.8. The van der Waals surface area contributed by atoms with Gasteiger partial charge < -0.3 is 54.5 Å². The minimum absolute atomic E-state index is 0.0140. The number of H-pyrrole nitrogens is 3. The summed E-state index contributed by atoms with van der Waals surface area (Å²) in [6.45, 7) is -0.707. The molecule has 3 aromatic heterocycles. The first-order valence-corrected chi connectivity index (χ1v) is 23.6. The fourth-order valence-corrected chi connectivity index (χ4v) is 9.18. The molecule has 1 atom stereocenters. The van der Waals surface area contributed by atoms with Gasteiger partial charge in [-0.2, -0.15) is 17.6 Å². The van der Waals surface area contributed by atoms with Gasteiger partial charge in [-0.05, 0) is 66.0 Å². The number of alkyl halides is 4. The lowest BCUT2D eigenvalue weighted by atomic mass is 9.95. The van der Waals surface area contributed by atoms with E-state index in [2.05, 4.69) is 15.3 Å². The van der Waals surface area contributed by atoms with Crippen LogP contribution in [0.25, 0.3) is 32.3 Å². The second kappa shape index (κ2) is 24.4. The van der Waals surface area contributed by atoms with Crippen LogP contribution in [-0.4, -0.2) is 85.3 Å². The van der Waals surface area contributed by atoms with Crippen molar-refractivity contribution in [3.05, 3.63) is 169 Å². The number of hydrogen-bond donors (Lipinski definition) is 7. The van der Waals surface area contributed by atoms with Crippen LogP contribution in [0.5, 0.6) is 34.6 Å². The van der Waals surface area contributed by atoms with Crippen molar-refractivity contribution in [2.45, 2.75) is 18.1 Å². The summed E-state index contributed by atoms with van der Waals surface area (Å²) >= 11 is 29.4. The number of aromatic amines is 3. The number of nitrogens with one attached hydrogen (secondary N) is 5. The number of carbonyl (C=O) groups excluding carboxylic acids is 2. The molecule has 2 amide bonds. The van der Waals surface area contributed by atoms with Crippen LogP contribution < -0.4 is 51.0 Å². The van der Waals surface area contributed by atoms with Gasteiger partial charge in [0.25, 0.3) is 34.4 Å². The van der Waals surface area contributed by atoms with Crippen molar-refractivity contribution < 1.29 is 69.8 Å². The molecule has 5 heterocycles. The van der Waals surface area contributed by atoms with Crippen molar-refractivity contribution in [1.82, 2.24) is 25.6 Å². The van der Waals surface area contributed by atoms with Gasteiger partial charge in [-0.15, -0.1) is 0 Å². The third-order valence-electron chi connectivity index (χ3n) is 11.4. The smallest absolute Gasteiger partial charge is 0.317 e. The fourth-order valence-electron chi connectivity index (χ4n) is 7.53. The molecule has 0 spiro atoms. The predicted molar refractivity (Wildman–Crippen MR) is 280 cm³/mol. The Morgan fingerprint density at radius 3 is 1.55 bits per heavy atom. The SMILES string of the molecule is COc1ccc2c(F)c(O)[nH]c(=O)c2c1Cl.COc1ccc2c(F)c[nH]c(=O)c2c1Cl.COc1ccc2c(c1Cl)C(=O)NC(O)C2(F)F.COc1ccc2c(c1Cl)C(=O)NCC2(F)F.COc1ccc2cc[nH]c(=O)c2c1Cl. The van der Waals surface area contributed by atoms with Gasteiger partial charge in [-0.25, -0.2) is 8.78 Å². The van der Waals surface area contributed by atoms with Crippen molar-refractivity contribution in [2.24, 2.45) is 0 Å². The van der Waals surface area contributed by atoms with Gasteiger partial charge >= 0.3 is 5.92 Å². The molecule has 10 rings (SSSR count). The first-order chi connectivity index (χ1) is 36.8. The van der Waals surface area contributed by atoms with E-state index in [-0.39, 0.29) is 81.1 Å². The van der Waals surface area contributed by atoms with E-state index in [4.69, 9.17) is 91.9 Å². The highest BCUT2D eigenvalue weighted by Gasteiger charge is 2.49. The van der Waals surface area contributed by atoms with Gasteiger partial charge in [0.1, 0.15) is 34.6 Å². The number of aliphatic hydroxyl groups excluding tert-OH is 1. The highest BCUT2D eigenvalue weighted by Crippen LogP contribution is 2.43. The number of rotatable bonds is 5. The molecule has 2 aliphatic rings. The number of benzene rings is 5. The largest absolute Gasteiger partial charge is 0.495 e. The molecule has 0 saturated heterocycles. The number of hydrogen-bond acceptors (Lipinski definition) is 12. The third-order valence-corrected chi connectivity index (χ3v) is 13.3. The molecule has 78 heavy (non-hydrogen) atoms. The van der Waals surface area contributed by atoms with Gasteiger partial charge in [0.05, 0.1) is 94.5 Å². The first-order valence-electron chi connectivity index (χ1n) is 21.7. The maximum absolute atomic E-state index is 13.6. The van der Waals surface area contributed by atoms with Crippen LogP contribution in [0.4, 0.5) is 26.3 Å². The average Bonchev–Trinajstić information content (AvgIpc) is 3.42. The van der Waals surface area contributed by atoms with Crippen LogP contribution in [0.15, 0.2) is 93.5 Å². The van der Waals surface area contributed by atoms with E-state index in [1.807, 2.05) is 4.98 Å². The van der Waals surface area contributed by atoms with Gasteiger partial charge in [0.15, 0.2) is 12.0 Å².